The average molecular weight is 437 g/mol. The van der Waals surface area contributed by atoms with Gasteiger partial charge in [0, 0.05) is 11.1 Å². The number of carbonyl (C=O) groups is 1. The molecule has 3 aromatic rings. The minimum Gasteiger partial charge on any atom is -0.493 e. The fraction of sp³-hybridized carbons (Fsp3) is 0.250. The fourth-order valence-corrected chi connectivity index (χ4v) is 2.57. The highest BCUT2D eigenvalue weighted by molar-refractivity contribution is 5.94. The highest BCUT2D eigenvalue weighted by Crippen LogP contribution is 2.30. The van der Waals surface area contributed by atoms with E-state index in [1.54, 1.807) is 30.3 Å². The number of nitrogens with one attached hydrogen (secondary N) is 1. The van der Waals surface area contributed by atoms with Crippen molar-refractivity contribution in [1.29, 1.82) is 0 Å². The van der Waals surface area contributed by atoms with Gasteiger partial charge in [0.2, 0.25) is 5.82 Å². The molecule has 8 nitrogen and oxygen atoms in total. The Morgan fingerprint density at radius 1 is 1.06 bits per heavy atom. The third-order valence-corrected chi connectivity index (χ3v) is 4.08. The van der Waals surface area contributed by atoms with Crippen molar-refractivity contribution in [2.24, 2.45) is 0 Å². The lowest BCUT2D eigenvalue weighted by Crippen LogP contribution is -2.28. The summed E-state index contributed by atoms with van der Waals surface area (Å²) in [4.78, 5) is 15.6. The first-order valence-corrected chi connectivity index (χ1v) is 8.96. The number of alkyl halides is 3. The van der Waals surface area contributed by atoms with Crippen LogP contribution in [0.25, 0.3) is 11.4 Å². The van der Waals surface area contributed by atoms with E-state index < -0.39 is 12.1 Å². The number of ether oxygens (including phenoxy) is 3. The Balaban J connectivity index is 1.50. The molecule has 31 heavy (non-hydrogen) atoms. The van der Waals surface area contributed by atoms with Gasteiger partial charge in [-0.3, -0.25) is 4.79 Å². The van der Waals surface area contributed by atoms with Gasteiger partial charge in [0.15, 0.2) is 11.5 Å². The molecule has 0 aliphatic carbocycles. The van der Waals surface area contributed by atoms with Crippen molar-refractivity contribution in [2.75, 3.05) is 27.4 Å². The molecule has 1 amide bonds. The molecule has 0 atom stereocenters. The van der Waals surface area contributed by atoms with Gasteiger partial charge in [0.05, 0.1) is 20.8 Å². The predicted molar refractivity (Wildman–Crippen MR) is 102 cm³/mol. The first kappa shape index (κ1) is 21.9. The first-order valence-electron chi connectivity index (χ1n) is 8.96. The van der Waals surface area contributed by atoms with Crippen LogP contribution in [0.5, 0.6) is 17.2 Å². The molecule has 0 aliphatic heterocycles. The van der Waals surface area contributed by atoms with Crippen LogP contribution in [0.3, 0.4) is 0 Å². The number of rotatable bonds is 8. The fourth-order valence-electron chi connectivity index (χ4n) is 2.57. The van der Waals surface area contributed by atoms with Crippen LogP contribution in [0.2, 0.25) is 0 Å². The summed E-state index contributed by atoms with van der Waals surface area (Å²) in [5, 5.41) is 6.03. The summed E-state index contributed by atoms with van der Waals surface area (Å²) in [5.74, 6) is -0.480. The van der Waals surface area contributed by atoms with Crippen molar-refractivity contribution in [3.8, 4) is 28.6 Å². The summed E-state index contributed by atoms with van der Waals surface area (Å²) in [6.07, 6.45) is -4.70. The van der Waals surface area contributed by atoms with Crippen LogP contribution in [0.4, 0.5) is 13.2 Å². The molecule has 0 bridgehead atoms. The van der Waals surface area contributed by atoms with Crippen molar-refractivity contribution in [1.82, 2.24) is 15.5 Å². The zero-order valence-electron chi connectivity index (χ0n) is 16.5. The van der Waals surface area contributed by atoms with Crippen molar-refractivity contribution in [3.05, 3.63) is 53.9 Å². The third kappa shape index (κ3) is 5.44. The van der Waals surface area contributed by atoms with Gasteiger partial charge < -0.3 is 24.1 Å². The Hall–Kier alpha value is -3.76. The molecule has 0 radical (unpaired) electrons. The number of hydrogen-bond donors (Lipinski definition) is 1. The van der Waals surface area contributed by atoms with Crippen molar-refractivity contribution >= 4 is 5.91 Å². The smallest absolute Gasteiger partial charge is 0.471 e. The van der Waals surface area contributed by atoms with E-state index in [2.05, 4.69) is 20.0 Å². The molecule has 164 valence electrons. The lowest BCUT2D eigenvalue weighted by molar-refractivity contribution is -0.159. The number of halogens is 3. The molecule has 1 heterocycles. The van der Waals surface area contributed by atoms with Gasteiger partial charge in [-0.25, -0.2) is 0 Å². The van der Waals surface area contributed by atoms with Crippen LogP contribution >= 0.6 is 0 Å². The van der Waals surface area contributed by atoms with E-state index in [0.717, 1.165) is 0 Å². The minimum absolute atomic E-state index is 0.179. The third-order valence-electron chi connectivity index (χ3n) is 4.08. The van der Waals surface area contributed by atoms with E-state index in [1.165, 1.54) is 26.4 Å². The number of amides is 1. The molecule has 1 N–H and O–H groups in total. The maximum absolute atomic E-state index is 12.5. The Labute approximate surface area is 174 Å². The number of carbonyl (C=O) groups excluding carboxylic acids is 1. The van der Waals surface area contributed by atoms with Crippen LogP contribution in [0.15, 0.2) is 47.0 Å². The van der Waals surface area contributed by atoms with E-state index in [0.29, 0.717) is 28.4 Å². The van der Waals surface area contributed by atoms with Crippen LogP contribution < -0.4 is 19.5 Å². The molecule has 0 saturated heterocycles. The number of hydrogen-bond acceptors (Lipinski definition) is 7. The van der Waals surface area contributed by atoms with E-state index in [-0.39, 0.29) is 24.9 Å². The number of aromatic nitrogens is 2. The molecule has 2 aromatic carbocycles. The first-order chi connectivity index (χ1) is 14.8. The average Bonchev–Trinajstić information content (AvgIpc) is 3.27. The second-order valence-electron chi connectivity index (χ2n) is 6.12. The quantitative estimate of drug-likeness (QED) is 0.538. The largest absolute Gasteiger partial charge is 0.493 e. The van der Waals surface area contributed by atoms with Gasteiger partial charge in [0.25, 0.3) is 5.91 Å². The molecule has 1 aromatic heterocycles. The highest BCUT2D eigenvalue weighted by atomic mass is 19.4. The summed E-state index contributed by atoms with van der Waals surface area (Å²) in [7, 11) is 2.98. The van der Waals surface area contributed by atoms with Crippen LogP contribution in [-0.4, -0.2) is 43.4 Å². The maximum atomic E-state index is 12.5. The SMILES string of the molecule is COc1ccc(C(=O)NCCOc2ccc(-c3noc(C(F)(F)F)n3)cc2)cc1OC. The lowest BCUT2D eigenvalue weighted by atomic mass is 10.2. The normalized spacial score (nSPS) is 11.1. The molecule has 0 fully saturated rings. The number of methoxy groups -OCH3 is 2. The predicted octanol–water partition coefficient (Wildman–Crippen LogP) is 3.58. The molecular formula is C20H18F3N3O5. The lowest BCUT2D eigenvalue weighted by Gasteiger charge is -2.10. The van der Waals surface area contributed by atoms with E-state index in [9.17, 15) is 18.0 Å². The zero-order valence-corrected chi connectivity index (χ0v) is 16.5. The van der Waals surface area contributed by atoms with Gasteiger partial charge in [-0.05, 0) is 42.5 Å². The topological polar surface area (TPSA) is 95.7 Å². The monoisotopic (exact) mass is 437 g/mol. The molecule has 11 heteroatoms. The Morgan fingerprint density at radius 2 is 1.77 bits per heavy atom. The van der Waals surface area contributed by atoms with E-state index >= 15 is 0 Å². The van der Waals surface area contributed by atoms with Crippen molar-refractivity contribution < 1.29 is 36.7 Å². The summed E-state index contributed by atoms with van der Waals surface area (Å²) in [6, 6.07) is 10.9. The van der Waals surface area contributed by atoms with Crippen LogP contribution in [0, 0.1) is 0 Å². The van der Waals surface area contributed by atoms with Gasteiger partial charge in [0.1, 0.15) is 12.4 Å². The van der Waals surface area contributed by atoms with Crippen molar-refractivity contribution in [2.45, 2.75) is 6.18 Å². The standard InChI is InChI=1S/C20H18F3N3O5/c1-28-15-8-5-13(11-16(15)29-2)18(27)24-9-10-30-14-6-3-12(4-7-14)17-25-19(31-26-17)20(21,22)23/h3-8,11H,9-10H2,1-2H3,(H,24,27). The minimum atomic E-state index is -4.70. The zero-order chi connectivity index (χ0) is 22.4. The second-order valence-corrected chi connectivity index (χ2v) is 6.12. The summed E-state index contributed by atoms with van der Waals surface area (Å²) >= 11 is 0. The Bertz CT molecular complexity index is 1040. The molecule has 0 unspecified atom stereocenters. The Morgan fingerprint density at radius 3 is 2.39 bits per heavy atom. The van der Waals surface area contributed by atoms with Gasteiger partial charge >= 0.3 is 12.1 Å². The molecule has 3 rings (SSSR count). The summed E-state index contributed by atoms with van der Waals surface area (Å²) < 4.78 is 57.6. The number of benzene rings is 2. The highest BCUT2D eigenvalue weighted by Gasteiger charge is 2.38. The van der Waals surface area contributed by atoms with E-state index in [4.69, 9.17) is 14.2 Å². The van der Waals surface area contributed by atoms with Gasteiger partial charge in [-0.2, -0.15) is 18.2 Å². The van der Waals surface area contributed by atoms with Crippen LogP contribution in [0.1, 0.15) is 16.2 Å². The Kier molecular flexibility index (Phi) is 6.63. The molecule has 0 saturated carbocycles. The molecule has 0 aliphatic rings. The maximum Gasteiger partial charge on any atom is 0.471 e. The molecule has 0 spiro atoms. The number of nitrogens with zero attached hydrogens (tertiary/aromatic N) is 2. The van der Waals surface area contributed by atoms with E-state index in [1.807, 2.05) is 0 Å². The molecular weight excluding hydrogens is 419 g/mol. The summed E-state index contributed by atoms with van der Waals surface area (Å²) in [6.45, 7) is 0.410. The van der Waals surface area contributed by atoms with Crippen LogP contribution in [-0.2, 0) is 6.18 Å². The summed E-state index contributed by atoms with van der Waals surface area (Å²) in [5.41, 5.74) is 0.744. The van der Waals surface area contributed by atoms with Gasteiger partial charge in [-0.15, -0.1) is 0 Å². The van der Waals surface area contributed by atoms with Gasteiger partial charge in [-0.1, -0.05) is 5.16 Å². The van der Waals surface area contributed by atoms with Crippen molar-refractivity contribution in [3.63, 3.8) is 0 Å². The second kappa shape index (κ2) is 9.37.